The average molecular weight is 309 g/mol. The Morgan fingerprint density at radius 1 is 1.32 bits per heavy atom. The minimum absolute atomic E-state index is 0.0694. The molecule has 1 atom stereocenters. The normalized spacial score (nSPS) is 13.3. The maximum absolute atomic E-state index is 11.9. The number of carboxylic acid groups (broad SMARTS) is 1. The molecule has 2 N–H and O–H groups in total. The Labute approximate surface area is 130 Å². The van der Waals surface area contributed by atoms with Crippen LogP contribution in [0.2, 0.25) is 0 Å². The third-order valence-corrected chi connectivity index (χ3v) is 3.25. The molecule has 6 heteroatoms. The summed E-state index contributed by atoms with van der Waals surface area (Å²) in [5.41, 5.74) is 0.620. The van der Waals surface area contributed by atoms with E-state index in [1.54, 1.807) is 0 Å². The Kier molecular flexibility index (Phi) is 6.37. The first kappa shape index (κ1) is 18.0. The fraction of sp³-hybridized carbons (Fsp3) is 0.500. The lowest BCUT2D eigenvalue weighted by atomic mass is 10.0. The van der Waals surface area contributed by atoms with Crippen LogP contribution in [0.4, 0.5) is 0 Å². The van der Waals surface area contributed by atoms with E-state index in [-0.39, 0.29) is 19.6 Å². The number of aliphatic carboxylic acids is 1. The van der Waals surface area contributed by atoms with Gasteiger partial charge in [0.25, 0.3) is 0 Å². The molecule has 0 aliphatic heterocycles. The van der Waals surface area contributed by atoms with Gasteiger partial charge in [-0.25, -0.2) is 4.79 Å². The molecule has 1 amide bonds. The Bertz CT molecular complexity index is 543. The Balaban J connectivity index is 2.52. The van der Waals surface area contributed by atoms with Crippen molar-refractivity contribution in [3.05, 3.63) is 29.3 Å². The zero-order chi connectivity index (χ0) is 16.8. The van der Waals surface area contributed by atoms with Crippen molar-refractivity contribution in [3.63, 3.8) is 0 Å². The monoisotopic (exact) mass is 309 g/mol. The molecule has 0 aliphatic rings. The summed E-state index contributed by atoms with van der Waals surface area (Å²) in [6, 6.07) is 5.84. The fourth-order valence-electron chi connectivity index (χ4n) is 1.93. The molecule has 0 saturated heterocycles. The van der Waals surface area contributed by atoms with Gasteiger partial charge in [-0.3, -0.25) is 4.79 Å². The topological polar surface area (TPSA) is 84.9 Å². The average Bonchev–Trinajstić information content (AvgIpc) is 2.42. The molecule has 0 aliphatic carbocycles. The van der Waals surface area contributed by atoms with Gasteiger partial charge in [-0.1, -0.05) is 12.1 Å². The zero-order valence-electron chi connectivity index (χ0n) is 13.4. The maximum atomic E-state index is 11.9. The summed E-state index contributed by atoms with van der Waals surface area (Å²) < 4.78 is 10.4. The molecule has 0 bridgehead atoms. The van der Waals surface area contributed by atoms with E-state index in [9.17, 15) is 9.59 Å². The second-order valence-corrected chi connectivity index (χ2v) is 5.49. The summed E-state index contributed by atoms with van der Waals surface area (Å²) in [6.45, 7) is 5.37. The van der Waals surface area contributed by atoms with Crippen molar-refractivity contribution in [1.29, 1.82) is 0 Å². The predicted molar refractivity (Wildman–Crippen MR) is 82.1 cm³/mol. The summed E-state index contributed by atoms with van der Waals surface area (Å²) in [5, 5.41) is 11.6. The van der Waals surface area contributed by atoms with Crippen LogP contribution in [0.3, 0.4) is 0 Å². The number of carboxylic acids is 1. The molecular weight excluding hydrogens is 286 g/mol. The van der Waals surface area contributed by atoms with Gasteiger partial charge in [-0.15, -0.1) is 0 Å². The molecule has 1 unspecified atom stereocenters. The van der Waals surface area contributed by atoms with Gasteiger partial charge in [0.15, 0.2) is 5.54 Å². The van der Waals surface area contributed by atoms with E-state index in [0.717, 1.165) is 16.9 Å². The summed E-state index contributed by atoms with van der Waals surface area (Å²) in [5.74, 6) is -0.809. The number of hydrogen-bond acceptors (Lipinski definition) is 4. The van der Waals surface area contributed by atoms with Gasteiger partial charge >= 0.3 is 5.97 Å². The van der Waals surface area contributed by atoms with Crippen LogP contribution < -0.4 is 10.1 Å². The molecule has 122 valence electrons. The van der Waals surface area contributed by atoms with Crippen molar-refractivity contribution in [2.24, 2.45) is 0 Å². The van der Waals surface area contributed by atoms with Gasteiger partial charge in [0.2, 0.25) is 5.91 Å². The quantitative estimate of drug-likeness (QED) is 0.763. The highest BCUT2D eigenvalue weighted by atomic mass is 16.5. The molecule has 1 aromatic carbocycles. The van der Waals surface area contributed by atoms with E-state index in [2.05, 4.69) is 5.32 Å². The number of carbonyl (C=O) groups is 2. The number of nitrogens with one attached hydrogen (secondary N) is 1. The lowest BCUT2D eigenvalue weighted by Crippen LogP contribution is -2.55. The first-order valence-corrected chi connectivity index (χ1v) is 7.02. The summed E-state index contributed by atoms with van der Waals surface area (Å²) >= 11 is 0. The molecule has 0 saturated carbocycles. The highest BCUT2D eigenvalue weighted by molar-refractivity contribution is 5.86. The van der Waals surface area contributed by atoms with E-state index in [1.165, 1.54) is 14.0 Å². The number of carbonyl (C=O) groups excluding carboxylic acids is 1. The summed E-state index contributed by atoms with van der Waals surface area (Å²) in [6.07, 6.45) is 0.0694. The molecule has 0 heterocycles. The van der Waals surface area contributed by atoms with Crippen LogP contribution in [-0.4, -0.2) is 42.8 Å². The summed E-state index contributed by atoms with van der Waals surface area (Å²) in [4.78, 5) is 23.1. The summed E-state index contributed by atoms with van der Waals surface area (Å²) in [7, 11) is 1.39. The van der Waals surface area contributed by atoms with Gasteiger partial charge in [0.05, 0.1) is 19.6 Å². The van der Waals surface area contributed by atoms with Crippen molar-refractivity contribution in [1.82, 2.24) is 5.32 Å². The van der Waals surface area contributed by atoms with Crippen LogP contribution in [0.15, 0.2) is 18.2 Å². The van der Waals surface area contributed by atoms with Crippen LogP contribution in [0, 0.1) is 13.8 Å². The van der Waals surface area contributed by atoms with Gasteiger partial charge in [-0.05, 0) is 38.0 Å². The van der Waals surface area contributed by atoms with E-state index in [1.807, 2.05) is 32.0 Å². The molecule has 1 rings (SSSR count). The largest absolute Gasteiger partial charge is 0.493 e. The van der Waals surface area contributed by atoms with Crippen LogP contribution in [0.5, 0.6) is 5.75 Å². The fourth-order valence-corrected chi connectivity index (χ4v) is 1.93. The lowest BCUT2D eigenvalue weighted by molar-refractivity contribution is -0.149. The highest BCUT2D eigenvalue weighted by Crippen LogP contribution is 2.19. The molecule has 1 aromatic rings. The zero-order valence-corrected chi connectivity index (χ0v) is 13.4. The van der Waals surface area contributed by atoms with Crippen molar-refractivity contribution in [2.45, 2.75) is 32.7 Å². The highest BCUT2D eigenvalue weighted by Gasteiger charge is 2.34. The maximum Gasteiger partial charge on any atom is 0.331 e. The number of methoxy groups -OCH3 is 1. The van der Waals surface area contributed by atoms with E-state index in [4.69, 9.17) is 14.6 Å². The van der Waals surface area contributed by atoms with Crippen molar-refractivity contribution in [3.8, 4) is 5.75 Å². The molecule has 0 spiro atoms. The second-order valence-electron chi connectivity index (χ2n) is 5.49. The Hall–Kier alpha value is -2.08. The minimum Gasteiger partial charge on any atom is -0.493 e. The number of rotatable bonds is 8. The Morgan fingerprint density at radius 2 is 2.00 bits per heavy atom. The van der Waals surface area contributed by atoms with E-state index < -0.39 is 17.4 Å². The van der Waals surface area contributed by atoms with Crippen LogP contribution in [-0.2, 0) is 14.3 Å². The van der Waals surface area contributed by atoms with Crippen molar-refractivity contribution < 1.29 is 24.2 Å². The standard InChI is InChI=1S/C16H23NO5/c1-11-5-6-12(2)13(9-11)22-8-7-14(18)17-16(3,10-21-4)15(19)20/h5-6,9H,7-8,10H2,1-4H3,(H,17,18)(H,19,20). The van der Waals surface area contributed by atoms with Gasteiger partial charge in [-0.2, -0.15) is 0 Å². The smallest absolute Gasteiger partial charge is 0.331 e. The predicted octanol–water partition coefficient (Wildman–Crippen LogP) is 1.68. The number of amides is 1. The molecule has 22 heavy (non-hydrogen) atoms. The SMILES string of the molecule is COCC(C)(NC(=O)CCOc1cc(C)ccc1C)C(=O)O. The number of benzene rings is 1. The van der Waals surface area contributed by atoms with Crippen LogP contribution in [0.25, 0.3) is 0 Å². The lowest BCUT2D eigenvalue weighted by Gasteiger charge is -2.25. The van der Waals surface area contributed by atoms with E-state index in [0.29, 0.717) is 0 Å². The number of ether oxygens (including phenoxy) is 2. The first-order chi connectivity index (χ1) is 10.3. The van der Waals surface area contributed by atoms with Crippen molar-refractivity contribution in [2.75, 3.05) is 20.3 Å². The van der Waals surface area contributed by atoms with Gasteiger partial charge in [0, 0.05) is 7.11 Å². The number of hydrogen-bond donors (Lipinski definition) is 2. The first-order valence-electron chi connectivity index (χ1n) is 7.02. The third-order valence-electron chi connectivity index (χ3n) is 3.25. The molecule has 0 radical (unpaired) electrons. The third kappa shape index (κ3) is 5.04. The molecular formula is C16H23NO5. The molecule has 6 nitrogen and oxygen atoms in total. The number of aryl methyl sites for hydroxylation is 2. The minimum atomic E-state index is -1.44. The molecule has 0 aromatic heterocycles. The Morgan fingerprint density at radius 3 is 2.59 bits per heavy atom. The van der Waals surface area contributed by atoms with Crippen LogP contribution >= 0.6 is 0 Å². The van der Waals surface area contributed by atoms with Crippen LogP contribution in [0.1, 0.15) is 24.5 Å². The van der Waals surface area contributed by atoms with Gasteiger partial charge < -0.3 is 19.9 Å². The van der Waals surface area contributed by atoms with Gasteiger partial charge in [0.1, 0.15) is 5.75 Å². The van der Waals surface area contributed by atoms with Crippen molar-refractivity contribution >= 4 is 11.9 Å². The molecule has 0 fully saturated rings. The second kappa shape index (κ2) is 7.79. The van der Waals surface area contributed by atoms with E-state index >= 15 is 0 Å².